The van der Waals surface area contributed by atoms with Crippen molar-refractivity contribution in [1.82, 2.24) is 4.90 Å². The Hall–Kier alpha value is -2.67. The third-order valence-corrected chi connectivity index (χ3v) is 5.03. The molecule has 0 bridgehead atoms. The molecule has 7 heteroatoms. The average molecular weight is 358 g/mol. The van der Waals surface area contributed by atoms with Crippen molar-refractivity contribution in [3.63, 3.8) is 0 Å². The first-order valence-corrected chi connectivity index (χ1v) is 8.81. The quantitative estimate of drug-likeness (QED) is 0.860. The number of fused-ring (bicyclic) bond motifs is 1. The molecule has 0 fully saturated rings. The molecule has 2 amide bonds. The molecular weight excluding hydrogens is 340 g/mol. The number of hydrogen-bond acceptors (Lipinski definition) is 4. The van der Waals surface area contributed by atoms with Gasteiger partial charge in [-0.3, -0.25) is 14.4 Å². The molecule has 0 atom stereocenters. The highest BCUT2D eigenvalue weighted by molar-refractivity contribution is 7.14. The molecule has 1 aliphatic carbocycles. The van der Waals surface area contributed by atoms with Crippen molar-refractivity contribution < 1.29 is 19.5 Å². The predicted octanol–water partition coefficient (Wildman–Crippen LogP) is 2.65. The van der Waals surface area contributed by atoms with Gasteiger partial charge < -0.3 is 15.3 Å². The van der Waals surface area contributed by atoms with Crippen LogP contribution < -0.4 is 5.32 Å². The minimum atomic E-state index is -1.09. The molecule has 0 saturated carbocycles. The smallest absolute Gasteiger partial charge is 0.323 e. The Bertz CT molecular complexity index is 843. The van der Waals surface area contributed by atoms with Gasteiger partial charge in [-0.25, -0.2) is 0 Å². The Morgan fingerprint density at radius 2 is 1.96 bits per heavy atom. The van der Waals surface area contributed by atoms with E-state index in [0.717, 1.165) is 24.2 Å². The third kappa shape index (κ3) is 3.71. The summed E-state index contributed by atoms with van der Waals surface area (Å²) >= 11 is 1.24. The number of carboxylic acid groups (broad SMARTS) is 1. The van der Waals surface area contributed by atoms with Gasteiger partial charge in [0.2, 0.25) is 0 Å². The number of carbonyl (C=O) groups is 3. The third-order valence-electron chi connectivity index (χ3n) is 4.20. The second-order valence-electron chi connectivity index (χ2n) is 6.01. The van der Waals surface area contributed by atoms with Crippen molar-refractivity contribution in [1.29, 1.82) is 0 Å². The van der Waals surface area contributed by atoms with Gasteiger partial charge >= 0.3 is 5.97 Å². The summed E-state index contributed by atoms with van der Waals surface area (Å²) in [6, 6.07) is 7.27. The molecule has 0 aliphatic heterocycles. The number of nitrogens with one attached hydrogen (secondary N) is 1. The SMILES string of the molecule is CN(CC(=O)O)C(=O)c1ccsc1NC(=O)c1ccc2c(c1)CCC2. The van der Waals surface area contributed by atoms with E-state index >= 15 is 0 Å². The minimum Gasteiger partial charge on any atom is -0.480 e. The molecule has 1 aromatic carbocycles. The summed E-state index contributed by atoms with van der Waals surface area (Å²) in [5.41, 5.74) is 3.35. The number of hydrogen-bond donors (Lipinski definition) is 2. The van der Waals surface area contributed by atoms with Crippen molar-refractivity contribution >= 4 is 34.1 Å². The standard InChI is InChI=1S/C18H18N2O4S/c1-20(10-15(21)22)18(24)14-7-8-25-17(14)19-16(23)13-6-5-11-3-2-4-12(11)9-13/h5-9H,2-4,10H2,1H3,(H,19,23)(H,21,22). The largest absolute Gasteiger partial charge is 0.480 e. The molecule has 0 unspecified atom stereocenters. The van der Waals surface area contributed by atoms with Gasteiger partial charge in [-0.05, 0) is 54.0 Å². The molecule has 3 rings (SSSR count). The van der Waals surface area contributed by atoms with E-state index in [2.05, 4.69) is 5.32 Å². The summed E-state index contributed by atoms with van der Waals surface area (Å²) in [4.78, 5) is 36.7. The van der Waals surface area contributed by atoms with Crippen LogP contribution in [0.15, 0.2) is 29.6 Å². The number of likely N-dealkylation sites (N-methyl/N-ethyl adjacent to an activating group) is 1. The van der Waals surface area contributed by atoms with E-state index in [1.54, 1.807) is 17.5 Å². The minimum absolute atomic E-state index is 0.271. The second-order valence-corrected chi connectivity index (χ2v) is 6.93. The van der Waals surface area contributed by atoms with Gasteiger partial charge in [-0.2, -0.15) is 0 Å². The number of benzene rings is 1. The van der Waals surface area contributed by atoms with Crippen LogP contribution in [-0.4, -0.2) is 41.4 Å². The fourth-order valence-corrected chi connectivity index (χ4v) is 3.72. The molecule has 2 N–H and O–H groups in total. The van der Waals surface area contributed by atoms with Crippen molar-refractivity contribution in [2.24, 2.45) is 0 Å². The van der Waals surface area contributed by atoms with E-state index in [1.807, 2.05) is 12.1 Å². The Balaban J connectivity index is 1.75. The number of aryl methyl sites for hydroxylation is 2. The van der Waals surface area contributed by atoms with Crippen LogP contribution in [0.2, 0.25) is 0 Å². The molecule has 1 aliphatic rings. The molecule has 0 spiro atoms. The zero-order valence-electron chi connectivity index (χ0n) is 13.7. The van der Waals surface area contributed by atoms with Gasteiger partial charge in [-0.1, -0.05) is 6.07 Å². The van der Waals surface area contributed by atoms with Crippen LogP contribution in [0.5, 0.6) is 0 Å². The summed E-state index contributed by atoms with van der Waals surface area (Å²) in [5.74, 6) is -1.80. The topological polar surface area (TPSA) is 86.7 Å². The van der Waals surface area contributed by atoms with Gasteiger partial charge in [0.15, 0.2) is 0 Å². The number of amides is 2. The Morgan fingerprint density at radius 3 is 2.72 bits per heavy atom. The zero-order valence-corrected chi connectivity index (χ0v) is 14.6. The molecular formula is C18H18N2O4S. The van der Waals surface area contributed by atoms with Crippen LogP contribution >= 0.6 is 11.3 Å². The number of carboxylic acids is 1. The molecule has 25 heavy (non-hydrogen) atoms. The number of rotatable bonds is 5. The van der Waals surface area contributed by atoms with Crippen LogP contribution in [0.1, 0.15) is 38.3 Å². The van der Waals surface area contributed by atoms with Crippen LogP contribution in [0, 0.1) is 0 Å². The molecule has 1 heterocycles. The maximum Gasteiger partial charge on any atom is 0.323 e. The highest BCUT2D eigenvalue weighted by Crippen LogP contribution is 2.27. The second kappa shape index (κ2) is 7.06. The van der Waals surface area contributed by atoms with Crippen molar-refractivity contribution in [3.05, 3.63) is 51.9 Å². The van der Waals surface area contributed by atoms with Crippen LogP contribution in [0.25, 0.3) is 0 Å². The van der Waals surface area contributed by atoms with E-state index in [0.29, 0.717) is 16.1 Å². The summed E-state index contributed by atoms with van der Waals surface area (Å²) in [7, 11) is 1.42. The number of carbonyl (C=O) groups excluding carboxylic acids is 2. The van der Waals surface area contributed by atoms with Gasteiger partial charge in [0.1, 0.15) is 11.5 Å². The van der Waals surface area contributed by atoms with E-state index < -0.39 is 18.4 Å². The number of aliphatic carboxylic acids is 1. The molecule has 1 aromatic heterocycles. The van der Waals surface area contributed by atoms with E-state index in [4.69, 9.17) is 5.11 Å². The van der Waals surface area contributed by atoms with Gasteiger partial charge in [0.25, 0.3) is 11.8 Å². The van der Waals surface area contributed by atoms with Crippen LogP contribution in [0.3, 0.4) is 0 Å². The highest BCUT2D eigenvalue weighted by Gasteiger charge is 2.21. The first-order valence-electron chi connectivity index (χ1n) is 7.93. The van der Waals surface area contributed by atoms with Crippen molar-refractivity contribution in [2.75, 3.05) is 18.9 Å². The lowest BCUT2D eigenvalue weighted by molar-refractivity contribution is -0.137. The first-order chi connectivity index (χ1) is 12.0. The summed E-state index contributed by atoms with van der Waals surface area (Å²) < 4.78 is 0. The maximum atomic E-state index is 12.5. The molecule has 6 nitrogen and oxygen atoms in total. The first kappa shape index (κ1) is 17.2. The van der Waals surface area contributed by atoms with Crippen LogP contribution in [0.4, 0.5) is 5.00 Å². The Morgan fingerprint density at radius 1 is 1.20 bits per heavy atom. The normalized spacial score (nSPS) is 12.5. The zero-order chi connectivity index (χ0) is 18.0. The van der Waals surface area contributed by atoms with Crippen molar-refractivity contribution in [3.8, 4) is 0 Å². The molecule has 130 valence electrons. The fourth-order valence-electron chi connectivity index (χ4n) is 2.94. The summed E-state index contributed by atoms with van der Waals surface area (Å²) in [6.45, 7) is -0.396. The number of thiophene rings is 1. The van der Waals surface area contributed by atoms with E-state index in [1.165, 1.54) is 29.5 Å². The highest BCUT2D eigenvalue weighted by atomic mass is 32.1. The van der Waals surface area contributed by atoms with Crippen LogP contribution in [-0.2, 0) is 17.6 Å². The molecule has 0 radical (unpaired) electrons. The van der Waals surface area contributed by atoms with E-state index in [9.17, 15) is 14.4 Å². The Labute approximate surface area is 149 Å². The number of nitrogens with zero attached hydrogens (tertiary/aromatic N) is 1. The maximum absolute atomic E-state index is 12.5. The van der Waals surface area contributed by atoms with Crippen molar-refractivity contribution in [2.45, 2.75) is 19.3 Å². The lowest BCUT2D eigenvalue weighted by Crippen LogP contribution is -2.32. The van der Waals surface area contributed by atoms with Gasteiger partial charge in [-0.15, -0.1) is 11.3 Å². The average Bonchev–Trinajstić information content (AvgIpc) is 3.21. The fraction of sp³-hybridized carbons (Fsp3) is 0.278. The van der Waals surface area contributed by atoms with E-state index in [-0.39, 0.29) is 5.91 Å². The summed E-state index contributed by atoms with van der Waals surface area (Å²) in [6.07, 6.45) is 3.15. The van der Waals surface area contributed by atoms with Gasteiger partial charge in [0.05, 0.1) is 5.56 Å². The molecule has 2 aromatic rings. The number of anilines is 1. The monoisotopic (exact) mass is 358 g/mol. The van der Waals surface area contributed by atoms with Gasteiger partial charge in [0, 0.05) is 12.6 Å². The lowest BCUT2D eigenvalue weighted by atomic mass is 10.1. The predicted molar refractivity (Wildman–Crippen MR) is 95.3 cm³/mol. The summed E-state index contributed by atoms with van der Waals surface area (Å²) in [5, 5.41) is 13.7. The molecule has 0 saturated heterocycles. The Kier molecular flexibility index (Phi) is 4.85. The lowest BCUT2D eigenvalue weighted by Gasteiger charge is -2.15.